The summed E-state index contributed by atoms with van der Waals surface area (Å²) in [5, 5.41) is 3.58. The standard InChI is InChI=1S/C14H27N3/c1-5-8-17-11-15-9-14(17)10-16-13(4)7-6-12(2)3/h9,11-13,16H,5-8,10H2,1-4H3. The molecular weight excluding hydrogens is 210 g/mol. The van der Waals surface area contributed by atoms with Crippen molar-refractivity contribution in [3.8, 4) is 0 Å². The largest absolute Gasteiger partial charge is 0.333 e. The minimum atomic E-state index is 0.586. The highest BCUT2D eigenvalue weighted by Crippen LogP contribution is 2.07. The van der Waals surface area contributed by atoms with E-state index in [0.717, 1.165) is 25.4 Å². The zero-order valence-electron chi connectivity index (χ0n) is 11.7. The summed E-state index contributed by atoms with van der Waals surface area (Å²) in [6.45, 7) is 11.0. The van der Waals surface area contributed by atoms with Crippen LogP contribution in [-0.4, -0.2) is 15.6 Å². The van der Waals surface area contributed by atoms with Crippen molar-refractivity contribution in [2.24, 2.45) is 5.92 Å². The van der Waals surface area contributed by atoms with E-state index in [1.807, 2.05) is 12.5 Å². The summed E-state index contributed by atoms with van der Waals surface area (Å²) < 4.78 is 2.24. The van der Waals surface area contributed by atoms with Crippen LogP contribution >= 0.6 is 0 Å². The van der Waals surface area contributed by atoms with E-state index < -0.39 is 0 Å². The molecule has 1 atom stereocenters. The number of nitrogens with one attached hydrogen (secondary N) is 1. The molecule has 0 aromatic carbocycles. The second kappa shape index (κ2) is 7.49. The molecule has 0 radical (unpaired) electrons. The maximum absolute atomic E-state index is 4.22. The Morgan fingerprint density at radius 1 is 1.29 bits per heavy atom. The first kappa shape index (κ1) is 14.2. The van der Waals surface area contributed by atoms with Crippen molar-refractivity contribution in [3.63, 3.8) is 0 Å². The molecule has 0 amide bonds. The van der Waals surface area contributed by atoms with E-state index in [4.69, 9.17) is 0 Å². The van der Waals surface area contributed by atoms with Crippen LogP contribution in [-0.2, 0) is 13.1 Å². The molecule has 0 fully saturated rings. The van der Waals surface area contributed by atoms with Crippen molar-refractivity contribution in [2.45, 2.75) is 66.1 Å². The Morgan fingerprint density at radius 2 is 2.06 bits per heavy atom. The Labute approximate surface area is 106 Å². The summed E-state index contributed by atoms with van der Waals surface area (Å²) in [5.74, 6) is 0.796. The van der Waals surface area contributed by atoms with Crippen molar-refractivity contribution in [1.82, 2.24) is 14.9 Å². The van der Waals surface area contributed by atoms with Crippen LogP contribution in [0, 0.1) is 5.92 Å². The minimum Gasteiger partial charge on any atom is -0.333 e. The molecule has 0 aliphatic rings. The SMILES string of the molecule is CCCn1cncc1CNC(C)CCC(C)C. The molecule has 0 bridgehead atoms. The lowest BCUT2D eigenvalue weighted by atomic mass is 10.0. The lowest BCUT2D eigenvalue weighted by Crippen LogP contribution is -2.26. The predicted octanol–water partition coefficient (Wildman–Crippen LogP) is 3.21. The second-order valence-electron chi connectivity index (χ2n) is 5.33. The van der Waals surface area contributed by atoms with Crippen LogP contribution in [0.1, 0.15) is 52.7 Å². The van der Waals surface area contributed by atoms with E-state index in [-0.39, 0.29) is 0 Å². The van der Waals surface area contributed by atoms with Gasteiger partial charge in [0, 0.05) is 25.3 Å². The van der Waals surface area contributed by atoms with E-state index in [1.165, 1.54) is 18.5 Å². The van der Waals surface area contributed by atoms with Gasteiger partial charge in [0.05, 0.1) is 12.0 Å². The Morgan fingerprint density at radius 3 is 2.71 bits per heavy atom. The topological polar surface area (TPSA) is 29.9 Å². The predicted molar refractivity (Wildman–Crippen MR) is 72.9 cm³/mol. The number of rotatable bonds is 8. The fraction of sp³-hybridized carbons (Fsp3) is 0.786. The first-order chi connectivity index (χ1) is 8.13. The van der Waals surface area contributed by atoms with Gasteiger partial charge in [-0.15, -0.1) is 0 Å². The zero-order valence-corrected chi connectivity index (χ0v) is 11.7. The third-order valence-corrected chi connectivity index (χ3v) is 3.07. The molecule has 1 heterocycles. The summed E-state index contributed by atoms with van der Waals surface area (Å²) in [6.07, 6.45) is 7.60. The minimum absolute atomic E-state index is 0.586. The maximum atomic E-state index is 4.22. The lowest BCUT2D eigenvalue weighted by Gasteiger charge is -2.15. The number of aryl methyl sites for hydroxylation is 1. The molecule has 0 aliphatic carbocycles. The molecule has 1 rings (SSSR count). The Balaban J connectivity index is 2.31. The van der Waals surface area contributed by atoms with Gasteiger partial charge in [0.2, 0.25) is 0 Å². The fourth-order valence-corrected chi connectivity index (χ4v) is 1.90. The Hall–Kier alpha value is -0.830. The van der Waals surface area contributed by atoms with Crippen molar-refractivity contribution in [3.05, 3.63) is 18.2 Å². The molecular formula is C14H27N3. The van der Waals surface area contributed by atoms with Gasteiger partial charge in [-0.3, -0.25) is 0 Å². The summed E-state index contributed by atoms with van der Waals surface area (Å²) in [6, 6.07) is 0.586. The molecule has 17 heavy (non-hydrogen) atoms. The molecule has 1 unspecified atom stereocenters. The van der Waals surface area contributed by atoms with Gasteiger partial charge in [0.25, 0.3) is 0 Å². The van der Waals surface area contributed by atoms with Gasteiger partial charge in [-0.2, -0.15) is 0 Å². The first-order valence-corrected chi connectivity index (χ1v) is 6.85. The van der Waals surface area contributed by atoms with Crippen molar-refractivity contribution < 1.29 is 0 Å². The molecule has 1 aromatic heterocycles. The van der Waals surface area contributed by atoms with Crippen LogP contribution < -0.4 is 5.32 Å². The van der Waals surface area contributed by atoms with Gasteiger partial charge in [0.1, 0.15) is 0 Å². The van der Waals surface area contributed by atoms with Crippen LogP contribution in [0.15, 0.2) is 12.5 Å². The number of nitrogens with zero attached hydrogens (tertiary/aromatic N) is 2. The van der Waals surface area contributed by atoms with Crippen LogP contribution in [0.25, 0.3) is 0 Å². The average molecular weight is 237 g/mol. The van der Waals surface area contributed by atoms with E-state index in [2.05, 4.69) is 42.6 Å². The number of aromatic nitrogens is 2. The zero-order chi connectivity index (χ0) is 12.7. The van der Waals surface area contributed by atoms with Gasteiger partial charge in [-0.25, -0.2) is 4.98 Å². The Kier molecular flexibility index (Phi) is 6.27. The van der Waals surface area contributed by atoms with E-state index >= 15 is 0 Å². The highest BCUT2D eigenvalue weighted by Gasteiger charge is 2.05. The van der Waals surface area contributed by atoms with Gasteiger partial charge < -0.3 is 9.88 Å². The number of hydrogen-bond acceptors (Lipinski definition) is 2. The van der Waals surface area contributed by atoms with Gasteiger partial charge in [-0.1, -0.05) is 20.8 Å². The average Bonchev–Trinajstić information content (AvgIpc) is 2.71. The molecule has 0 saturated heterocycles. The van der Waals surface area contributed by atoms with Crippen molar-refractivity contribution >= 4 is 0 Å². The van der Waals surface area contributed by atoms with E-state index in [1.54, 1.807) is 0 Å². The summed E-state index contributed by atoms with van der Waals surface area (Å²) in [7, 11) is 0. The smallest absolute Gasteiger partial charge is 0.0948 e. The summed E-state index contributed by atoms with van der Waals surface area (Å²) in [4.78, 5) is 4.22. The van der Waals surface area contributed by atoms with Gasteiger partial charge in [-0.05, 0) is 32.1 Å². The highest BCUT2D eigenvalue weighted by molar-refractivity contribution is 4.98. The second-order valence-corrected chi connectivity index (χ2v) is 5.33. The van der Waals surface area contributed by atoms with Crippen LogP contribution in [0.2, 0.25) is 0 Å². The van der Waals surface area contributed by atoms with Gasteiger partial charge >= 0.3 is 0 Å². The molecule has 0 aliphatic heterocycles. The third kappa shape index (κ3) is 5.35. The molecule has 0 saturated carbocycles. The van der Waals surface area contributed by atoms with E-state index in [9.17, 15) is 0 Å². The molecule has 3 nitrogen and oxygen atoms in total. The molecule has 98 valence electrons. The molecule has 0 spiro atoms. The maximum Gasteiger partial charge on any atom is 0.0948 e. The van der Waals surface area contributed by atoms with Crippen LogP contribution in [0.5, 0.6) is 0 Å². The molecule has 3 heteroatoms. The van der Waals surface area contributed by atoms with Gasteiger partial charge in [0.15, 0.2) is 0 Å². The fourth-order valence-electron chi connectivity index (χ4n) is 1.90. The Bertz CT molecular complexity index is 304. The number of hydrogen-bond donors (Lipinski definition) is 1. The molecule has 1 N–H and O–H groups in total. The normalized spacial score (nSPS) is 13.2. The highest BCUT2D eigenvalue weighted by atomic mass is 15.1. The quantitative estimate of drug-likeness (QED) is 0.752. The van der Waals surface area contributed by atoms with Crippen molar-refractivity contribution in [2.75, 3.05) is 0 Å². The summed E-state index contributed by atoms with van der Waals surface area (Å²) in [5.41, 5.74) is 1.29. The van der Waals surface area contributed by atoms with Crippen LogP contribution in [0.3, 0.4) is 0 Å². The first-order valence-electron chi connectivity index (χ1n) is 6.85. The number of imidazole rings is 1. The van der Waals surface area contributed by atoms with Crippen LogP contribution in [0.4, 0.5) is 0 Å². The monoisotopic (exact) mass is 237 g/mol. The summed E-state index contributed by atoms with van der Waals surface area (Å²) >= 11 is 0. The van der Waals surface area contributed by atoms with Crippen molar-refractivity contribution in [1.29, 1.82) is 0 Å². The molecule has 1 aromatic rings. The lowest BCUT2D eigenvalue weighted by molar-refractivity contribution is 0.444. The van der Waals surface area contributed by atoms with E-state index in [0.29, 0.717) is 6.04 Å². The third-order valence-electron chi connectivity index (χ3n) is 3.07.